The lowest BCUT2D eigenvalue weighted by Gasteiger charge is -2.10. The van der Waals surface area contributed by atoms with Crippen molar-refractivity contribution >= 4 is 21.9 Å². The largest absolute Gasteiger partial charge is 0.335 e. The van der Waals surface area contributed by atoms with Crippen LogP contribution in [0.1, 0.15) is 5.56 Å². The zero-order valence-electron chi connectivity index (χ0n) is 18.8. The molecule has 0 aliphatic rings. The third-order valence-electron chi connectivity index (χ3n) is 5.78. The maximum Gasteiger partial charge on any atom is 0.159 e. The lowest BCUT2D eigenvalue weighted by Crippen LogP contribution is -2.10. The number of pyridine rings is 3. The Bertz CT molecular complexity index is 1610. The fourth-order valence-corrected chi connectivity index (χ4v) is 4.25. The first-order chi connectivity index (χ1) is 16.7. The molecule has 1 aromatic carbocycles. The van der Waals surface area contributed by atoms with Gasteiger partial charge in [-0.05, 0) is 49.5 Å². The summed E-state index contributed by atoms with van der Waals surface area (Å²) in [5, 5.41) is 8.71. The second-order valence-corrected chi connectivity index (χ2v) is 8.56. The van der Waals surface area contributed by atoms with Crippen LogP contribution in [0.25, 0.3) is 55.7 Å². The highest BCUT2D eigenvalue weighted by Gasteiger charge is 2.16. The van der Waals surface area contributed by atoms with Gasteiger partial charge in [0.2, 0.25) is 0 Å². The van der Waals surface area contributed by atoms with Gasteiger partial charge in [-0.1, -0.05) is 12.1 Å². The van der Waals surface area contributed by atoms with Gasteiger partial charge in [0.25, 0.3) is 0 Å². The molecule has 34 heavy (non-hydrogen) atoms. The predicted octanol–water partition coefficient (Wildman–Crippen LogP) is 4.69. The summed E-state index contributed by atoms with van der Waals surface area (Å²) in [5.41, 5.74) is 8.62. The van der Waals surface area contributed by atoms with Gasteiger partial charge >= 0.3 is 0 Å². The average Bonchev–Trinajstić information content (AvgIpc) is 3.48. The van der Waals surface area contributed by atoms with Crippen LogP contribution in [0, 0.1) is 0 Å². The van der Waals surface area contributed by atoms with Crippen molar-refractivity contribution in [1.82, 2.24) is 40.0 Å². The Balaban J connectivity index is 1.45. The number of nitrogens with zero attached hydrogens (tertiary/aromatic N) is 6. The predicted molar refractivity (Wildman–Crippen MR) is 133 cm³/mol. The van der Waals surface area contributed by atoms with E-state index in [2.05, 4.69) is 67.3 Å². The molecule has 5 aromatic heterocycles. The van der Waals surface area contributed by atoms with Crippen LogP contribution in [0.2, 0.25) is 0 Å². The van der Waals surface area contributed by atoms with E-state index in [1.165, 1.54) is 5.56 Å². The third-order valence-corrected chi connectivity index (χ3v) is 5.78. The minimum absolute atomic E-state index is 0.691. The third kappa shape index (κ3) is 3.60. The molecule has 0 bridgehead atoms. The van der Waals surface area contributed by atoms with Crippen molar-refractivity contribution in [2.45, 2.75) is 6.54 Å². The Labute approximate surface area is 195 Å². The van der Waals surface area contributed by atoms with Crippen LogP contribution in [0.3, 0.4) is 0 Å². The van der Waals surface area contributed by atoms with E-state index in [1.807, 2.05) is 43.0 Å². The van der Waals surface area contributed by atoms with Gasteiger partial charge in [0.15, 0.2) is 5.82 Å². The van der Waals surface area contributed by atoms with E-state index < -0.39 is 0 Å². The second kappa shape index (κ2) is 8.17. The molecule has 0 unspecified atom stereocenters. The van der Waals surface area contributed by atoms with E-state index in [4.69, 9.17) is 4.98 Å². The lowest BCUT2D eigenvalue weighted by atomic mass is 10.0. The van der Waals surface area contributed by atoms with E-state index in [9.17, 15) is 0 Å². The molecule has 0 aliphatic heterocycles. The van der Waals surface area contributed by atoms with Crippen LogP contribution in [-0.2, 0) is 6.54 Å². The van der Waals surface area contributed by atoms with Crippen molar-refractivity contribution in [1.29, 1.82) is 0 Å². The van der Waals surface area contributed by atoms with E-state index in [0.29, 0.717) is 5.82 Å². The van der Waals surface area contributed by atoms with E-state index in [1.54, 1.807) is 12.4 Å². The van der Waals surface area contributed by atoms with Crippen LogP contribution < -0.4 is 0 Å². The quantitative estimate of drug-likeness (QED) is 0.399. The molecule has 0 amide bonds. The molecule has 0 fully saturated rings. The normalized spacial score (nSPS) is 11.6. The summed E-state index contributed by atoms with van der Waals surface area (Å²) >= 11 is 0. The maximum atomic E-state index is 4.91. The Morgan fingerprint density at radius 2 is 1.71 bits per heavy atom. The smallest absolute Gasteiger partial charge is 0.159 e. The molecule has 166 valence electrons. The summed E-state index contributed by atoms with van der Waals surface area (Å²) in [6.07, 6.45) is 11.0. The van der Waals surface area contributed by atoms with Crippen molar-refractivity contribution < 1.29 is 0 Å². The zero-order chi connectivity index (χ0) is 23.1. The first kappa shape index (κ1) is 20.2. The first-order valence-electron chi connectivity index (χ1n) is 11.0. The number of aromatic amines is 2. The van der Waals surface area contributed by atoms with Crippen LogP contribution in [0.5, 0.6) is 0 Å². The summed E-state index contributed by atoms with van der Waals surface area (Å²) in [7, 11) is 4.11. The molecule has 0 atom stereocenters. The number of fused-ring (bicyclic) bond motifs is 2. The Morgan fingerprint density at radius 1 is 0.824 bits per heavy atom. The molecule has 0 aliphatic carbocycles. The monoisotopic (exact) mass is 446 g/mol. The Kier molecular flexibility index (Phi) is 4.85. The molecule has 2 N–H and O–H groups in total. The molecule has 6 aromatic rings. The van der Waals surface area contributed by atoms with Crippen LogP contribution in [-0.4, -0.2) is 54.1 Å². The number of nitrogens with one attached hydrogen (secondary N) is 2. The highest BCUT2D eigenvalue weighted by molar-refractivity contribution is 5.97. The zero-order valence-corrected chi connectivity index (χ0v) is 18.8. The summed E-state index contributed by atoms with van der Waals surface area (Å²) in [5.74, 6) is 0.691. The lowest BCUT2D eigenvalue weighted by molar-refractivity contribution is 0.402. The van der Waals surface area contributed by atoms with Gasteiger partial charge in [-0.2, -0.15) is 5.10 Å². The Morgan fingerprint density at radius 3 is 2.56 bits per heavy atom. The summed E-state index contributed by atoms with van der Waals surface area (Å²) < 4.78 is 0. The van der Waals surface area contributed by atoms with Crippen molar-refractivity contribution in [3.8, 4) is 33.8 Å². The molecule has 0 radical (unpaired) electrons. The van der Waals surface area contributed by atoms with Gasteiger partial charge in [-0.25, -0.2) is 4.98 Å². The van der Waals surface area contributed by atoms with Crippen molar-refractivity contribution in [2.24, 2.45) is 0 Å². The van der Waals surface area contributed by atoms with Crippen molar-refractivity contribution in [3.63, 3.8) is 0 Å². The van der Waals surface area contributed by atoms with E-state index in [-0.39, 0.29) is 0 Å². The molecule has 0 spiro atoms. The minimum atomic E-state index is 0.691. The molecule has 0 saturated heterocycles. The number of imidazole rings is 1. The first-order valence-corrected chi connectivity index (χ1v) is 11.0. The van der Waals surface area contributed by atoms with Gasteiger partial charge < -0.3 is 9.88 Å². The van der Waals surface area contributed by atoms with Crippen molar-refractivity contribution in [2.75, 3.05) is 14.1 Å². The molecule has 5 heterocycles. The number of H-pyrrole nitrogens is 2. The van der Waals surface area contributed by atoms with Gasteiger partial charge in [0.1, 0.15) is 11.2 Å². The molecule has 6 rings (SSSR count). The fraction of sp³-hybridized carbons (Fsp3) is 0.115. The molecular formula is C26H22N8. The van der Waals surface area contributed by atoms with Crippen molar-refractivity contribution in [3.05, 3.63) is 79.1 Å². The fourth-order valence-electron chi connectivity index (χ4n) is 4.25. The maximum absolute atomic E-state index is 4.91. The number of aromatic nitrogens is 7. The standard InChI is InChI=1S/C26H22N8/c1-34(2)15-16-8-19(12-28-10-16)17-5-6-22-20(9-17)25(33-32-22)26-30-23-14-29-13-21(24(23)31-26)18-4-3-7-27-11-18/h3-14H,15H2,1-2H3,(H,30,31)(H,32,33). The van der Waals surface area contributed by atoms with Gasteiger partial charge in [-0.15, -0.1) is 0 Å². The topological polar surface area (TPSA) is 99.3 Å². The highest BCUT2D eigenvalue weighted by Crippen LogP contribution is 2.32. The SMILES string of the molecule is CN(C)Cc1cncc(-c2ccc3[nH]nc(-c4nc5c(-c6cccnc6)cncc5[nH]4)c3c2)c1. The molecule has 8 nitrogen and oxygen atoms in total. The summed E-state index contributed by atoms with van der Waals surface area (Å²) in [6, 6.07) is 12.4. The van der Waals surface area contributed by atoms with Crippen LogP contribution in [0.15, 0.2) is 73.6 Å². The summed E-state index contributed by atoms with van der Waals surface area (Å²) in [6.45, 7) is 0.840. The number of benzene rings is 1. The van der Waals surface area contributed by atoms with Crippen LogP contribution >= 0.6 is 0 Å². The van der Waals surface area contributed by atoms with E-state index in [0.717, 1.165) is 56.4 Å². The molecule has 8 heteroatoms. The van der Waals surface area contributed by atoms with Gasteiger partial charge in [0, 0.05) is 59.6 Å². The Hall–Kier alpha value is -4.43. The number of rotatable bonds is 5. The number of hydrogen-bond donors (Lipinski definition) is 2. The average molecular weight is 447 g/mol. The van der Waals surface area contributed by atoms with Crippen LogP contribution in [0.4, 0.5) is 0 Å². The number of hydrogen-bond acceptors (Lipinski definition) is 6. The van der Waals surface area contributed by atoms with E-state index >= 15 is 0 Å². The minimum Gasteiger partial charge on any atom is -0.335 e. The molecular weight excluding hydrogens is 424 g/mol. The van der Waals surface area contributed by atoms with Gasteiger partial charge in [0.05, 0.1) is 17.2 Å². The highest BCUT2D eigenvalue weighted by atomic mass is 15.1. The second-order valence-electron chi connectivity index (χ2n) is 8.56. The summed E-state index contributed by atoms with van der Waals surface area (Å²) in [4.78, 5) is 23.5. The molecule has 0 saturated carbocycles. The van der Waals surface area contributed by atoms with Gasteiger partial charge in [-0.3, -0.25) is 20.1 Å².